The van der Waals surface area contributed by atoms with Crippen molar-refractivity contribution in [1.29, 1.82) is 0 Å². The molecule has 7 heteroatoms. The highest BCUT2D eigenvalue weighted by atomic mass is 35.5. The molecule has 4 rings (SSSR count). The lowest BCUT2D eigenvalue weighted by atomic mass is 9.71. The highest BCUT2D eigenvalue weighted by Gasteiger charge is 2.41. The molecule has 5 nitrogen and oxygen atoms in total. The van der Waals surface area contributed by atoms with E-state index in [1.54, 1.807) is 19.2 Å². The molecular weight excluding hydrogens is 485 g/mol. The van der Waals surface area contributed by atoms with Crippen LogP contribution in [-0.4, -0.2) is 25.0 Å². The fourth-order valence-electron chi connectivity index (χ4n) is 4.78. The first-order valence-corrected chi connectivity index (χ1v) is 12.5. The summed E-state index contributed by atoms with van der Waals surface area (Å²) in [6.07, 6.45) is 1.45. The number of rotatable bonds is 6. The van der Waals surface area contributed by atoms with Crippen molar-refractivity contribution in [2.45, 2.75) is 58.0 Å². The van der Waals surface area contributed by atoms with Crippen molar-refractivity contribution in [2.75, 3.05) is 7.11 Å². The molecular formula is C28H29Cl2NO4. The molecule has 0 unspecified atom stereocenters. The van der Waals surface area contributed by atoms with Crippen LogP contribution in [0.4, 0.5) is 0 Å². The van der Waals surface area contributed by atoms with E-state index in [-0.39, 0.29) is 17.8 Å². The number of Topliss-reactive ketones (excluding diaryl/α,β-unsaturated/α-hetero) is 1. The molecule has 0 saturated carbocycles. The van der Waals surface area contributed by atoms with Gasteiger partial charge in [-0.25, -0.2) is 4.79 Å². The lowest BCUT2D eigenvalue weighted by Gasteiger charge is -2.37. The predicted molar refractivity (Wildman–Crippen MR) is 138 cm³/mol. The highest BCUT2D eigenvalue weighted by molar-refractivity contribution is 6.42. The molecule has 0 fully saturated rings. The highest BCUT2D eigenvalue weighted by Crippen LogP contribution is 2.46. The van der Waals surface area contributed by atoms with Crippen molar-refractivity contribution in [3.05, 3.63) is 86.2 Å². The number of carbonyl (C=O) groups is 2. The number of carbonyl (C=O) groups excluding carboxylic acids is 2. The Morgan fingerprint density at radius 2 is 1.77 bits per heavy atom. The maximum atomic E-state index is 13.7. The maximum Gasteiger partial charge on any atom is 0.337 e. The number of ether oxygens (including phenoxy) is 2. The fraction of sp³-hybridized carbons (Fsp3) is 0.357. The van der Waals surface area contributed by atoms with Crippen molar-refractivity contribution < 1.29 is 19.1 Å². The van der Waals surface area contributed by atoms with E-state index in [1.807, 2.05) is 51.1 Å². The summed E-state index contributed by atoms with van der Waals surface area (Å²) < 4.78 is 11.0. The van der Waals surface area contributed by atoms with Gasteiger partial charge < -0.3 is 14.8 Å². The summed E-state index contributed by atoms with van der Waals surface area (Å²) in [5, 5.41) is 4.16. The average molecular weight is 514 g/mol. The van der Waals surface area contributed by atoms with Gasteiger partial charge >= 0.3 is 5.97 Å². The van der Waals surface area contributed by atoms with Crippen LogP contribution in [0.3, 0.4) is 0 Å². The van der Waals surface area contributed by atoms with Gasteiger partial charge in [-0.3, -0.25) is 4.79 Å². The third-order valence-corrected chi connectivity index (χ3v) is 7.53. The molecule has 0 amide bonds. The summed E-state index contributed by atoms with van der Waals surface area (Å²) >= 11 is 12.5. The Kier molecular flexibility index (Phi) is 7.58. The van der Waals surface area contributed by atoms with Crippen LogP contribution in [0.1, 0.15) is 63.0 Å². The zero-order chi connectivity index (χ0) is 25.3. The normalized spacial score (nSPS) is 20.8. The van der Waals surface area contributed by atoms with E-state index < -0.39 is 11.9 Å². The van der Waals surface area contributed by atoms with Crippen molar-refractivity contribution in [3.8, 4) is 5.75 Å². The van der Waals surface area contributed by atoms with Crippen LogP contribution in [0.15, 0.2) is 65.0 Å². The van der Waals surface area contributed by atoms with Gasteiger partial charge in [0.05, 0.1) is 28.8 Å². The molecule has 1 aliphatic heterocycles. The second kappa shape index (κ2) is 10.5. The minimum atomic E-state index is -0.582. The molecule has 35 heavy (non-hydrogen) atoms. The van der Waals surface area contributed by atoms with E-state index in [1.165, 1.54) is 0 Å². The van der Waals surface area contributed by atoms with Crippen molar-refractivity contribution in [3.63, 3.8) is 0 Å². The van der Waals surface area contributed by atoms with Gasteiger partial charge in [-0.2, -0.15) is 0 Å². The Hall–Kier alpha value is -2.76. The molecule has 0 bridgehead atoms. The summed E-state index contributed by atoms with van der Waals surface area (Å²) in [7, 11) is 1.63. The van der Waals surface area contributed by atoms with Crippen LogP contribution in [0.5, 0.6) is 5.75 Å². The predicted octanol–water partition coefficient (Wildman–Crippen LogP) is 6.71. The Labute approximate surface area is 216 Å². The number of ketones is 1. The van der Waals surface area contributed by atoms with Gasteiger partial charge in [-0.05, 0) is 68.0 Å². The average Bonchev–Trinajstić information content (AvgIpc) is 2.84. The van der Waals surface area contributed by atoms with E-state index in [4.69, 9.17) is 32.7 Å². The van der Waals surface area contributed by atoms with E-state index in [0.717, 1.165) is 22.6 Å². The maximum absolute atomic E-state index is 13.7. The van der Waals surface area contributed by atoms with E-state index >= 15 is 0 Å². The molecule has 2 aromatic carbocycles. The monoisotopic (exact) mass is 513 g/mol. The molecule has 0 saturated heterocycles. The molecule has 1 aliphatic carbocycles. The first kappa shape index (κ1) is 25.3. The van der Waals surface area contributed by atoms with Crippen LogP contribution in [-0.2, 0) is 14.3 Å². The molecule has 0 aromatic heterocycles. The SMILES string of the molecule is CC[C@H](C)OC(=O)C1=C(C)NC2=C(C(=O)C[C@@H](c3ccc(OC)cc3)C2)[C@H]1c1ccc(Cl)c(Cl)c1. The molecule has 1 N–H and O–H groups in total. The third kappa shape index (κ3) is 5.12. The zero-order valence-electron chi connectivity index (χ0n) is 20.3. The Morgan fingerprint density at radius 1 is 1.09 bits per heavy atom. The Morgan fingerprint density at radius 3 is 2.40 bits per heavy atom. The van der Waals surface area contributed by atoms with Crippen LogP contribution >= 0.6 is 23.2 Å². The second-order valence-corrected chi connectivity index (χ2v) is 9.90. The van der Waals surface area contributed by atoms with Gasteiger partial charge in [0.1, 0.15) is 5.75 Å². The molecule has 184 valence electrons. The topological polar surface area (TPSA) is 64.6 Å². The number of benzene rings is 2. The molecule has 3 atom stereocenters. The number of esters is 1. The smallest absolute Gasteiger partial charge is 0.337 e. The van der Waals surface area contributed by atoms with Crippen LogP contribution in [0, 0.1) is 0 Å². The number of dihydropyridines is 1. The van der Waals surface area contributed by atoms with Gasteiger partial charge in [0.15, 0.2) is 5.78 Å². The van der Waals surface area contributed by atoms with Crippen molar-refractivity contribution in [1.82, 2.24) is 5.32 Å². The summed E-state index contributed by atoms with van der Waals surface area (Å²) in [4.78, 5) is 27.0. The van der Waals surface area contributed by atoms with Crippen LogP contribution < -0.4 is 10.1 Å². The van der Waals surface area contributed by atoms with Crippen LogP contribution in [0.25, 0.3) is 0 Å². The first-order chi connectivity index (χ1) is 16.7. The van der Waals surface area contributed by atoms with Gasteiger partial charge in [0.2, 0.25) is 0 Å². The Bertz CT molecular complexity index is 1220. The lowest BCUT2D eigenvalue weighted by Crippen LogP contribution is -2.36. The summed E-state index contributed by atoms with van der Waals surface area (Å²) in [5.74, 6) is -0.221. The molecule has 1 heterocycles. The largest absolute Gasteiger partial charge is 0.497 e. The molecule has 0 spiro atoms. The number of hydrogen-bond acceptors (Lipinski definition) is 5. The first-order valence-electron chi connectivity index (χ1n) is 11.8. The number of hydrogen-bond donors (Lipinski definition) is 1. The second-order valence-electron chi connectivity index (χ2n) is 9.09. The summed E-state index contributed by atoms with van der Waals surface area (Å²) in [5.41, 5.74) is 4.34. The zero-order valence-corrected chi connectivity index (χ0v) is 21.8. The number of halogens is 2. The quantitative estimate of drug-likeness (QED) is 0.435. The minimum Gasteiger partial charge on any atom is -0.497 e. The summed E-state index contributed by atoms with van der Waals surface area (Å²) in [6.45, 7) is 5.66. The third-order valence-electron chi connectivity index (χ3n) is 6.79. The van der Waals surface area contributed by atoms with Gasteiger partial charge in [0.25, 0.3) is 0 Å². The Balaban J connectivity index is 1.77. The van der Waals surface area contributed by atoms with Gasteiger partial charge in [0, 0.05) is 29.3 Å². The minimum absolute atomic E-state index is 0.00280. The fourth-order valence-corrected chi connectivity index (χ4v) is 5.08. The molecule has 0 radical (unpaired) electrons. The van der Waals surface area contributed by atoms with Crippen molar-refractivity contribution >= 4 is 35.0 Å². The van der Waals surface area contributed by atoms with Crippen LogP contribution in [0.2, 0.25) is 10.0 Å². The number of allylic oxidation sites excluding steroid dienone is 3. The van der Waals surface area contributed by atoms with E-state index in [2.05, 4.69) is 5.32 Å². The lowest BCUT2D eigenvalue weighted by molar-refractivity contribution is -0.144. The van der Waals surface area contributed by atoms with E-state index in [0.29, 0.717) is 46.2 Å². The van der Waals surface area contributed by atoms with Gasteiger partial charge in [-0.1, -0.05) is 48.3 Å². The van der Waals surface area contributed by atoms with Gasteiger partial charge in [-0.15, -0.1) is 0 Å². The number of methoxy groups -OCH3 is 1. The number of nitrogens with one attached hydrogen (secondary N) is 1. The standard InChI is InChI=1S/C28H29Cl2NO4/c1-5-15(2)35-28(33)25-16(3)31-23-13-19(17-6-9-20(34-4)10-7-17)14-24(32)27(23)26(25)18-8-11-21(29)22(30)12-18/h6-12,15,19,26,31H,5,13-14H2,1-4H3/t15-,19-,26-/m0/s1. The molecule has 2 aliphatic rings. The van der Waals surface area contributed by atoms with Crippen molar-refractivity contribution in [2.24, 2.45) is 0 Å². The summed E-state index contributed by atoms with van der Waals surface area (Å²) in [6, 6.07) is 13.1. The molecule has 2 aromatic rings. The van der Waals surface area contributed by atoms with E-state index in [9.17, 15) is 9.59 Å².